The number of carbonyl (C=O) groups excluding carboxylic acids is 5. The first-order chi connectivity index (χ1) is 34.8. The van der Waals surface area contributed by atoms with Gasteiger partial charge in [-0.1, -0.05) is 97.9 Å². The molecule has 72 heavy (non-hydrogen) atoms. The van der Waals surface area contributed by atoms with Gasteiger partial charge in [0.2, 0.25) is 0 Å². The topological polar surface area (TPSA) is 189 Å². The van der Waals surface area contributed by atoms with E-state index in [-0.39, 0.29) is 48.8 Å². The zero-order valence-electron chi connectivity index (χ0n) is 41.4. The molecular formula is C56H66FN7O8. The molecule has 1 aromatic heterocycles. The molecule has 5 heterocycles. The van der Waals surface area contributed by atoms with Crippen LogP contribution in [0, 0.1) is 25.6 Å². The third-order valence-corrected chi connectivity index (χ3v) is 13.3. The van der Waals surface area contributed by atoms with Crippen LogP contribution in [0.1, 0.15) is 95.0 Å². The second-order valence-electron chi connectivity index (χ2n) is 18.7. The van der Waals surface area contributed by atoms with Gasteiger partial charge in [0.1, 0.15) is 25.6 Å². The van der Waals surface area contributed by atoms with Crippen LogP contribution < -0.4 is 16.4 Å². The molecule has 5 amide bonds. The number of hydrogen-bond donors (Lipinski definition) is 4. The highest BCUT2D eigenvalue weighted by atomic mass is 19.1. The van der Waals surface area contributed by atoms with Crippen LogP contribution in [0.2, 0.25) is 0 Å². The molecule has 3 saturated heterocycles. The van der Waals surface area contributed by atoms with Crippen molar-refractivity contribution in [3.8, 4) is 0 Å². The summed E-state index contributed by atoms with van der Waals surface area (Å²) in [6, 6.07) is 33.3. The monoisotopic (exact) mass is 983 g/mol. The van der Waals surface area contributed by atoms with Crippen LogP contribution in [-0.4, -0.2) is 101 Å². The molecular weight excluding hydrogens is 918 g/mol. The van der Waals surface area contributed by atoms with E-state index in [1.54, 1.807) is 22.8 Å². The van der Waals surface area contributed by atoms with Crippen molar-refractivity contribution in [2.24, 2.45) is 11.7 Å². The molecule has 4 aromatic carbocycles. The van der Waals surface area contributed by atoms with Gasteiger partial charge in [0.25, 0.3) is 11.8 Å². The van der Waals surface area contributed by atoms with E-state index in [2.05, 4.69) is 22.5 Å². The van der Waals surface area contributed by atoms with Gasteiger partial charge in [-0.2, -0.15) is 0 Å². The van der Waals surface area contributed by atoms with Gasteiger partial charge >= 0.3 is 18.3 Å². The summed E-state index contributed by atoms with van der Waals surface area (Å²) in [5.74, 6) is -0.236. The molecule has 9 rings (SSSR count). The molecule has 0 aliphatic carbocycles. The fourth-order valence-corrected chi connectivity index (χ4v) is 8.88. The maximum absolute atomic E-state index is 13.8. The smallest absolute Gasteiger partial charge is 0.410 e. The van der Waals surface area contributed by atoms with Gasteiger partial charge in [-0.05, 0) is 105 Å². The molecule has 0 saturated carbocycles. The van der Waals surface area contributed by atoms with Crippen LogP contribution in [0.3, 0.4) is 0 Å². The van der Waals surface area contributed by atoms with Crippen molar-refractivity contribution in [2.45, 2.75) is 91.2 Å². The van der Waals surface area contributed by atoms with Crippen molar-refractivity contribution in [3.63, 3.8) is 0 Å². The van der Waals surface area contributed by atoms with Gasteiger partial charge in [-0.15, -0.1) is 0 Å². The minimum atomic E-state index is -0.430. The number of hydrogen-bond acceptors (Lipinski definition) is 9. The molecule has 15 nitrogen and oxygen atoms in total. The highest BCUT2D eigenvalue weighted by molar-refractivity contribution is 6.35. The molecule has 5 aromatic rings. The number of piperidine rings is 3. The first kappa shape index (κ1) is 52.4. The van der Waals surface area contributed by atoms with Crippen LogP contribution in [0.25, 0.3) is 11.6 Å². The number of nitrogens with one attached hydrogen (secondary N) is 3. The number of rotatable bonds is 9. The van der Waals surface area contributed by atoms with E-state index in [1.807, 2.05) is 103 Å². The van der Waals surface area contributed by atoms with Crippen molar-refractivity contribution in [2.75, 3.05) is 44.6 Å². The lowest BCUT2D eigenvalue weighted by Crippen LogP contribution is -2.46. The molecule has 4 aliphatic heterocycles. The lowest BCUT2D eigenvalue weighted by molar-refractivity contribution is -0.110. The molecule has 16 heteroatoms. The van der Waals surface area contributed by atoms with Crippen molar-refractivity contribution in [1.82, 2.24) is 25.0 Å². The third kappa shape index (κ3) is 14.8. The lowest BCUT2D eigenvalue weighted by Gasteiger charge is -2.31. The molecule has 380 valence electrons. The van der Waals surface area contributed by atoms with Gasteiger partial charge in [0, 0.05) is 74.0 Å². The zero-order chi connectivity index (χ0) is 51.0. The number of benzene rings is 4. The number of amides is 5. The van der Waals surface area contributed by atoms with Crippen LogP contribution in [-0.2, 0) is 38.8 Å². The van der Waals surface area contributed by atoms with Gasteiger partial charge < -0.3 is 50.3 Å². The summed E-state index contributed by atoms with van der Waals surface area (Å²) in [6.45, 7) is 10.8. The third-order valence-electron chi connectivity index (χ3n) is 13.3. The number of aromatic amines is 1. The van der Waals surface area contributed by atoms with Crippen LogP contribution in [0.4, 0.5) is 24.5 Å². The quantitative estimate of drug-likeness (QED) is 0.0824. The number of carbonyl (C=O) groups is 5. The maximum Gasteiger partial charge on any atom is 0.410 e. The van der Waals surface area contributed by atoms with E-state index in [0.717, 1.165) is 61.4 Å². The molecule has 0 atom stereocenters. The average Bonchev–Trinajstić information content (AvgIpc) is 3.87. The van der Waals surface area contributed by atoms with E-state index in [1.165, 1.54) is 18.2 Å². The first-order valence-electron chi connectivity index (χ1n) is 24.8. The molecule has 0 spiro atoms. The van der Waals surface area contributed by atoms with Crippen molar-refractivity contribution >= 4 is 47.4 Å². The van der Waals surface area contributed by atoms with Gasteiger partial charge in [-0.25, -0.2) is 18.8 Å². The van der Waals surface area contributed by atoms with Crippen LogP contribution >= 0.6 is 0 Å². The Kier molecular flexibility index (Phi) is 18.6. The highest BCUT2D eigenvalue weighted by Crippen LogP contribution is 2.34. The predicted molar refractivity (Wildman–Crippen MR) is 274 cm³/mol. The summed E-state index contributed by atoms with van der Waals surface area (Å²) in [5.41, 5.74) is 12.6. The number of aryl methyl sites for hydroxylation is 1. The van der Waals surface area contributed by atoms with Gasteiger partial charge in [0.05, 0.1) is 11.1 Å². The number of ether oxygens (including phenoxy) is 3. The Bertz CT molecular complexity index is 2570. The van der Waals surface area contributed by atoms with Gasteiger partial charge in [-0.3, -0.25) is 9.59 Å². The minimum Gasteiger partial charge on any atom is -0.445 e. The summed E-state index contributed by atoms with van der Waals surface area (Å²) < 4.78 is 29.8. The van der Waals surface area contributed by atoms with E-state index in [0.29, 0.717) is 91.6 Å². The summed E-state index contributed by atoms with van der Waals surface area (Å²) >= 11 is 0. The van der Waals surface area contributed by atoms with Crippen molar-refractivity contribution in [3.05, 3.63) is 160 Å². The van der Waals surface area contributed by atoms with Gasteiger partial charge in [0.15, 0.2) is 0 Å². The van der Waals surface area contributed by atoms with E-state index in [4.69, 9.17) is 19.9 Å². The Morgan fingerprint density at radius 3 is 1.58 bits per heavy atom. The molecule has 4 aliphatic rings. The van der Waals surface area contributed by atoms with Crippen molar-refractivity contribution in [1.29, 1.82) is 0 Å². The molecule has 0 unspecified atom stereocenters. The second-order valence-corrected chi connectivity index (χ2v) is 18.7. The minimum absolute atomic E-state index is 0.0772. The SMILES string of the molecule is CC1CCN(C(=O)OCc2ccccc2)CC1.Cc1[nH]c(/C=C2\C(=O)Nc3ccc(F)cc32)c(C)c1C(=O)NC1CCN(C(=O)OCc2ccccc2)CC1.NC1CCN(C(=O)OCc2ccccc2)CC1. The number of aromatic nitrogens is 1. The molecule has 3 fully saturated rings. The molecule has 0 radical (unpaired) electrons. The molecule has 5 N–H and O–H groups in total. The van der Waals surface area contributed by atoms with Crippen LogP contribution in [0.5, 0.6) is 0 Å². The van der Waals surface area contributed by atoms with E-state index in [9.17, 15) is 28.4 Å². The van der Waals surface area contributed by atoms with E-state index < -0.39 is 5.82 Å². The fraction of sp³-hybridized carbons (Fsp3) is 0.375. The number of fused-ring (bicyclic) bond motifs is 1. The Labute approximate surface area is 420 Å². The summed E-state index contributed by atoms with van der Waals surface area (Å²) in [6.07, 6.45) is 6.01. The highest BCUT2D eigenvalue weighted by Gasteiger charge is 2.29. The second kappa shape index (κ2) is 25.6. The fourth-order valence-electron chi connectivity index (χ4n) is 8.88. The first-order valence-corrected chi connectivity index (χ1v) is 24.8. The maximum atomic E-state index is 13.8. The molecule has 0 bridgehead atoms. The Morgan fingerprint density at radius 1 is 0.667 bits per heavy atom. The number of likely N-dealkylation sites (tertiary alicyclic amines) is 3. The average molecular weight is 984 g/mol. The van der Waals surface area contributed by atoms with E-state index >= 15 is 0 Å². The summed E-state index contributed by atoms with van der Waals surface area (Å²) in [7, 11) is 0. The summed E-state index contributed by atoms with van der Waals surface area (Å²) in [4.78, 5) is 70.1. The zero-order valence-corrected chi connectivity index (χ0v) is 41.4. The summed E-state index contributed by atoms with van der Waals surface area (Å²) in [5, 5.41) is 5.82. The van der Waals surface area contributed by atoms with Crippen molar-refractivity contribution < 1.29 is 42.6 Å². The number of H-pyrrole nitrogens is 1. The number of halogens is 1. The number of nitrogens with two attached hydrogens (primary N) is 1. The standard InChI is InChI=1S/C29H29FN4O4.C14H19NO2.C13H18N2O2/c1-17-25(15-23-22-14-20(30)8-9-24(22)33-27(23)35)31-18(2)26(17)28(36)32-21-10-12-34(13-11-21)29(37)38-16-19-6-4-3-5-7-19;1-12-7-9-15(10-8-12)14(16)17-11-13-5-3-2-4-6-13;14-12-6-8-15(9-7-12)13(16)17-10-11-4-2-1-3-5-11/h3-9,14-15,21,31H,10-13,16H2,1-2H3,(H,32,36)(H,33,35);2-6,12H,7-11H2,1H3;1-5,12H,6-10,14H2/b23-15-;;. The normalized spacial score (nSPS) is 16.6. The largest absolute Gasteiger partial charge is 0.445 e. The Morgan fingerprint density at radius 2 is 1.11 bits per heavy atom. The number of nitrogens with zero attached hydrogens (tertiary/aromatic N) is 3. The number of anilines is 1. The Balaban J connectivity index is 0.000000184. The lowest BCUT2D eigenvalue weighted by atomic mass is 10.00. The Hall–Kier alpha value is -7.46. The van der Waals surface area contributed by atoms with Crippen LogP contribution in [0.15, 0.2) is 109 Å². The predicted octanol–water partition coefficient (Wildman–Crippen LogP) is 9.60.